The number of hydrogen-bond donors (Lipinski definition) is 1. The summed E-state index contributed by atoms with van der Waals surface area (Å²) in [7, 11) is 1.59. The second-order valence-corrected chi connectivity index (χ2v) is 14.3. The molecule has 6 unspecified atom stereocenters. The van der Waals surface area contributed by atoms with Crippen molar-refractivity contribution in [1.29, 1.82) is 0 Å². The molecule has 0 spiro atoms. The molecule has 1 saturated heterocycles. The predicted octanol–water partition coefficient (Wildman–Crippen LogP) is 6.36. The monoisotopic (exact) mass is 630 g/mol. The van der Waals surface area contributed by atoms with Crippen molar-refractivity contribution in [3.63, 3.8) is 0 Å². The number of aromatic amines is 1. The van der Waals surface area contributed by atoms with E-state index in [9.17, 15) is 14.4 Å². The third-order valence-electron chi connectivity index (χ3n) is 9.62. The van der Waals surface area contributed by atoms with Crippen molar-refractivity contribution in [1.82, 2.24) is 4.98 Å². The smallest absolute Gasteiger partial charge is 0.305 e. The summed E-state index contributed by atoms with van der Waals surface area (Å²) in [6, 6.07) is 22.7. The van der Waals surface area contributed by atoms with E-state index in [0.717, 1.165) is 33.2 Å². The van der Waals surface area contributed by atoms with E-state index in [4.69, 9.17) is 21.1 Å². The average Bonchev–Trinajstić information content (AvgIpc) is 3.76. The van der Waals surface area contributed by atoms with Gasteiger partial charge in [-0.05, 0) is 72.2 Å². The first kappa shape index (κ1) is 27.0. The Kier molecular flexibility index (Phi) is 6.47. The molecule has 3 aromatic carbocycles. The highest BCUT2D eigenvalue weighted by Crippen LogP contribution is 2.69. The molecule has 2 amide bonds. The molecule has 2 bridgehead atoms. The summed E-state index contributed by atoms with van der Waals surface area (Å²) in [5.74, 6) is 0.509. The summed E-state index contributed by atoms with van der Waals surface area (Å²) in [6.07, 6.45) is 0.828. The largest absolute Gasteiger partial charge is 0.497 e. The number of nitrogens with one attached hydrogen (secondary N) is 1. The number of thiazole rings is 1. The van der Waals surface area contributed by atoms with Gasteiger partial charge < -0.3 is 14.5 Å². The highest BCUT2D eigenvalue weighted by Gasteiger charge is 2.69. The van der Waals surface area contributed by atoms with Gasteiger partial charge in [0.25, 0.3) is 0 Å². The summed E-state index contributed by atoms with van der Waals surface area (Å²) in [6.45, 7) is 0.376. The lowest BCUT2D eigenvalue weighted by atomic mass is 9.68. The molecule has 1 aromatic heterocycles. The maximum atomic E-state index is 14.0. The van der Waals surface area contributed by atoms with Crippen LogP contribution in [0.15, 0.2) is 82.6 Å². The van der Waals surface area contributed by atoms with E-state index in [0.29, 0.717) is 23.1 Å². The first-order chi connectivity index (χ1) is 20.9. The van der Waals surface area contributed by atoms with Crippen molar-refractivity contribution in [3.8, 4) is 11.5 Å². The highest BCUT2D eigenvalue weighted by atomic mass is 35.5. The molecule has 218 valence electrons. The van der Waals surface area contributed by atoms with E-state index in [1.807, 2.05) is 42.5 Å². The van der Waals surface area contributed by atoms with Crippen LogP contribution in [0.1, 0.15) is 28.3 Å². The summed E-state index contributed by atoms with van der Waals surface area (Å²) in [5.41, 5.74) is 2.59. The van der Waals surface area contributed by atoms with Gasteiger partial charge in [-0.25, -0.2) is 0 Å². The number of para-hydroxylation sites is 1. The number of benzene rings is 3. The van der Waals surface area contributed by atoms with Gasteiger partial charge in [-0.3, -0.25) is 19.3 Å². The number of thioether (sulfide) groups is 1. The maximum Gasteiger partial charge on any atom is 0.305 e. The molecule has 0 radical (unpaired) electrons. The Labute approximate surface area is 261 Å². The number of aromatic nitrogens is 1. The first-order valence-electron chi connectivity index (χ1n) is 14.3. The Balaban J connectivity index is 1.17. The maximum absolute atomic E-state index is 14.0. The molecule has 8 rings (SSSR count). The van der Waals surface area contributed by atoms with Gasteiger partial charge in [-0.15, -0.1) is 11.8 Å². The number of halogens is 1. The van der Waals surface area contributed by atoms with E-state index in [1.165, 1.54) is 16.2 Å². The van der Waals surface area contributed by atoms with Crippen molar-refractivity contribution >= 4 is 52.2 Å². The number of amides is 2. The lowest BCUT2D eigenvalue weighted by molar-refractivity contribution is -0.123. The lowest BCUT2D eigenvalue weighted by Gasteiger charge is -2.43. The summed E-state index contributed by atoms with van der Waals surface area (Å²) in [5, 5.41) is 1.65. The number of anilines is 1. The van der Waals surface area contributed by atoms with Crippen molar-refractivity contribution in [2.24, 2.45) is 29.6 Å². The van der Waals surface area contributed by atoms with E-state index in [2.05, 4.69) is 11.1 Å². The van der Waals surface area contributed by atoms with Crippen LogP contribution < -0.4 is 19.2 Å². The normalized spacial score (nSPS) is 28.5. The van der Waals surface area contributed by atoms with E-state index in [1.54, 1.807) is 43.1 Å². The number of imide groups is 1. The number of methoxy groups -OCH3 is 1. The van der Waals surface area contributed by atoms with Crippen molar-refractivity contribution in [3.05, 3.63) is 103 Å². The highest BCUT2D eigenvalue weighted by molar-refractivity contribution is 8.00. The number of carbonyl (C=O) groups excluding carboxylic acids is 2. The van der Waals surface area contributed by atoms with Crippen LogP contribution in [0.4, 0.5) is 5.69 Å². The topological polar surface area (TPSA) is 88.7 Å². The zero-order valence-corrected chi connectivity index (χ0v) is 25.5. The minimum atomic E-state index is -0.372. The van der Waals surface area contributed by atoms with Gasteiger partial charge in [0.1, 0.15) is 18.1 Å². The van der Waals surface area contributed by atoms with Crippen LogP contribution in [0.5, 0.6) is 11.5 Å². The molecule has 7 atom stereocenters. The van der Waals surface area contributed by atoms with Gasteiger partial charge in [0.2, 0.25) is 11.8 Å². The average molecular weight is 631 g/mol. The number of carbonyl (C=O) groups is 2. The van der Waals surface area contributed by atoms with E-state index < -0.39 is 0 Å². The number of fused-ring (bicyclic) bond motifs is 9. The third-order valence-corrected chi connectivity index (χ3v) is 12.5. The van der Waals surface area contributed by atoms with Gasteiger partial charge >= 0.3 is 4.87 Å². The second-order valence-electron chi connectivity index (χ2n) is 11.6. The molecule has 3 fully saturated rings. The molecule has 2 saturated carbocycles. The van der Waals surface area contributed by atoms with Crippen molar-refractivity contribution < 1.29 is 19.1 Å². The number of nitrogens with zero attached hydrogens (tertiary/aromatic N) is 1. The molecule has 4 aliphatic rings. The second kappa shape index (κ2) is 10.3. The fraction of sp³-hybridized carbons (Fsp3) is 0.303. The molecule has 4 aromatic rings. The quantitative estimate of drug-likeness (QED) is 0.250. The molecular weight excluding hydrogens is 604 g/mol. The fourth-order valence-corrected chi connectivity index (χ4v) is 11.0. The number of ether oxygens (including phenoxy) is 2. The minimum absolute atomic E-state index is 0.0203. The number of hydrogen-bond acceptors (Lipinski definition) is 7. The molecular formula is C33H27ClN2O5S2. The zero-order chi connectivity index (χ0) is 29.4. The third kappa shape index (κ3) is 4.19. The minimum Gasteiger partial charge on any atom is -0.497 e. The molecule has 43 heavy (non-hydrogen) atoms. The van der Waals surface area contributed by atoms with Gasteiger partial charge in [0.15, 0.2) is 0 Å². The van der Waals surface area contributed by atoms with Crippen LogP contribution in [-0.2, 0) is 16.2 Å². The SMILES string of the molecule is COc1ccc(N2C(=O)C3C4CC(C3C2=O)C2C4Sc3[nH]c(=O)sc3[C@@H]2c2ccccc2OCc2ccc(Cl)cc2)cc1. The van der Waals surface area contributed by atoms with Crippen LogP contribution in [0, 0.1) is 29.6 Å². The number of H-pyrrole nitrogens is 1. The van der Waals surface area contributed by atoms with Crippen LogP contribution in [0.3, 0.4) is 0 Å². The zero-order valence-electron chi connectivity index (χ0n) is 23.1. The van der Waals surface area contributed by atoms with Gasteiger partial charge in [-0.2, -0.15) is 0 Å². The van der Waals surface area contributed by atoms with Crippen LogP contribution in [-0.4, -0.2) is 29.2 Å². The molecule has 2 aliphatic heterocycles. The summed E-state index contributed by atoms with van der Waals surface area (Å²) in [4.78, 5) is 46.0. The predicted molar refractivity (Wildman–Crippen MR) is 166 cm³/mol. The van der Waals surface area contributed by atoms with Gasteiger partial charge in [-0.1, -0.05) is 53.3 Å². The van der Waals surface area contributed by atoms with Crippen molar-refractivity contribution in [2.45, 2.75) is 29.2 Å². The van der Waals surface area contributed by atoms with E-state index >= 15 is 0 Å². The Morgan fingerprint density at radius 2 is 1.65 bits per heavy atom. The summed E-state index contributed by atoms with van der Waals surface area (Å²) >= 11 is 9.01. The van der Waals surface area contributed by atoms with Crippen LogP contribution in [0.25, 0.3) is 0 Å². The van der Waals surface area contributed by atoms with Crippen molar-refractivity contribution in [2.75, 3.05) is 12.0 Å². The fourth-order valence-electron chi connectivity index (χ4n) is 7.96. The van der Waals surface area contributed by atoms with Crippen LogP contribution >= 0.6 is 34.7 Å². The number of rotatable bonds is 6. The first-order valence-corrected chi connectivity index (χ1v) is 16.4. The Bertz CT molecular complexity index is 1800. The molecule has 3 heterocycles. The lowest BCUT2D eigenvalue weighted by Crippen LogP contribution is -2.42. The standard InChI is InChI=1S/C33H27ClN2O5S2/c1-40-19-12-10-18(11-13-19)36-31(37)26-21-14-22(27(26)32(36)38)28-25(21)24(29-30(42-28)35-33(39)43-29)20-4-2-3-5-23(20)41-15-16-6-8-17(34)9-7-16/h2-13,21-22,24-28H,14-15H2,1H3,(H,35,39)/t21?,22?,24-,25?,26?,27?,28?/m1/s1. The van der Waals surface area contributed by atoms with Gasteiger partial charge in [0, 0.05) is 26.6 Å². The summed E-state index contributed by atoms with van der Waals surface area (Å²) < 4.78 is 11.7. The van der Waals surface area contributed by atoms with E-state index in [-0.39, 0.29) is 57.4 Å². The molecule has 7 nitrogen and oxygen atoms in total. The molecule has 1 N–H and O–H groups in total. The van der Waals surface area contributed by atoms with Gasteiger partial charge in [0.05, 0.1) is 29.7 Å². The Hall–Kier alpha value is -3.53. The van der Waals surface area contributed by atoms with Crippen LogP contribution in [0.2, 0.25) is 5.02 Å². The Morgan fingerprint density at radius 3 is 2.40 bits per heavy atom. The molecule has 2 aliphatic carbocycles. The Morgan fingerprint density at radius 1 is 0.930 bits per heavy atom. The molecule has 10 heteroatoms.